The van der Waals surface area contributed by atoms with E-state index in [4.69, 9.17) is 4.74 Å². The number of non-ortho nitro benzene ring substituents is 1. The van der Waals surface area contributed by atoms with Gasteiger partial charge in [-0.1, -0.05) is 50.1 Å². The predicted molar refractivity (Wildman–Crippen MR) is 130 cm³/mol. The van der Waals surface area contributed by atoms with E-state index in [1.807, 2.05) is 11.6 Å². The van der Waals surface area contributed by atoms with E-state index in [1.165, 1.54) is 18.2 Å². The molecule has 0 bridgehead atoms. The van der Waals surface area contributed by atoms with E-state index in [-0.39, 0.29) is 23.8 Å². The van der Waals surface area contributed by atoms with Gasteiger partial charge in [-0.15, -0.1) is 0 Å². The molecular formula is C24H25N3O7S. The highest BCUT2D eigenvalue weighted by molar-refractivity contribution is 7.90. The maximum absolute atomic E-state index is 13.0. The minimum atomic E-state index is -4.52. The summed E-state index contributed by atoms with van der Waals surface area (Å²) in [5, 5.41) is 23.3. The molecule has 3 aromatic carbocycles. The van der Waals surface area contributed by atoms with E-state index in [2.05, 4.69) is 5.32 Å². The van der Waals surface area contributed by atoms with E-state index < -0.39 is 31.6 Å². The Morgan fingerprint density at radius 1 is 1.03 bits per heavy atom. The molecule has 0 spiro atoms. The Morgan fingerprint density at radius 2 is 1.74 bits per heavy atom. The molecule has 3 rings (SSSR count). The van der Waals surface area contributed by atoms with Gasteiger partial charge >= 0.3 is 6.03 Å². The van der Waals surface area contributed by atoms with Crippen molar-refractivity contribution >= 4 is 21.7 Å². The van der Waals surface area contributed by atoms with E-state index in [0.717, 1.165) is 25.0 Å². The lowest BCUT2D eigenvalue weighted by molar-refractivity contribution is -0.385. The normalized spacial score (nSPS) is 11.0. The molecule has 11 heteroatoms. The maximum atomic E-state index is 13.0. The van der Waals surface area contributed by atoms with Crippen LogP contribution in [-0.4, -0.2) is 31.0 Å². The molecule has 0 aromatic heterocycles. The van der Waals surface area contributed by atoms with E-state index in [9.17, 15) is 28.4 Å². The Kier molecular flexibility index (Phi) is 8.26. The monoisotopic (exact) mass is 499 g/mol. The molecule has 3 aromatic rings. The lowest BCUT2D eigenvalue weighted by Crippen LogP contribution is -2.39. The molecule has 35 heavy (non-hydrogen) atoms. The smallest absolute Gasteiger partial charge is 0.328 e. The Morgan fingerprint density at radius 3 is 2.43 bits per heavy atom. The predicted octanol–water partition coefficient (Wildman–Crippen LogP) is 4.94. The molecule has 0 aliphatic rings. The second-order valence-corrected chi connectivity index (χ2v) is 9.25. The minimum absolute atomic E-state index is 0.0787. The summed E-state index contributed by atoms with van der Waals surface area (Å²) < 4.78 is 33.8. The van der Waals surface area contributed by atoms with Crippen molar-refractivity contribution in [1.29, 1.82) is 0 Å². The summed E-state index contributed by atoms with van der Waals surface area (Å²) in [7, 11) is -4.52. The van der Waals surface area contributed by atoms with Crippen molar-refractivity contribution < 1.29 is 28.0 Å². The van der Waals surface area contributed by atoms with Gasteiger partial charge in [-0.25, -0.2) is 17.9 Å². The number of amides is 2. The highest BCUT2D eigenvalue weighted by atomic mass is 32.2. The first-order valence-corrected chi connectivity index (χ1v) is 12.3. The zero-order valence-electron chi connectivity index (χ0n) is 18.9. The first kappa shape index (κ1) is 25.5. The number of nitrogens with one attached hydrogen (secondary N) is 2. The molecule has 10 nitrogen and oxygen atoms in total. The van der Waals surface area contributed by atoms with Crippen LogP contribution in [-0.2, 0) is 10.0 Å². The number of phenols is 1. The summed E-state index contributed by atoms with van der Waals surface area (Å²) in [5.41, 5.74) is 0.804. The van der Waals surface area contributed by atoms with E-state index in [1.54, 1.807) is 36.4 Å². The van der Waals surface area contributed by atoms with Gasteiger partial charge in [-0.2, -0.15) is 0 Å². The van der Waals surface area contributed by atoms with Gasteiger partial charge in [-0.3, -0.25) is 10.1 Å². The molecular weight excluding hydrogens is 474 g/mol. The fourth-order valence-corrected chi connectivity index (χ4v) is 4.32. The Bertz CT molecular complexity index is 1310. The molecule has 0 aliphatic carbocycles. The number of nitrogens with zero attached hydrogens (tertiary/aromatic N) is 1. The number of phenolic OH excluding ortho intramolecular Hbond substituents is 1. The van der Waals surface area contributed by atoms with Crippen molar-refractivity contribution in [3.63, 3.8) is 0 Å². The number of rotatable bonds is 10. The van der Waals surface area contributed by atoms with Gasteiger partial charge in [0.25, 0.3) is 15.7 Å². The largest absolute Gasteiger partial charge is 0.508 e. The van der Waals surface area contributed by atoms with Crippen LogP contribution in [0.2, 0.25) is 0 Å². The van der Waals surface area contributed by atoms with Crippen LogP contribution >= 0.6 is 0 Å². The zero-order valence-corrected chi connectivity index (χ0v) is 19.7. The minimum Gasteiger partial charge on any atom is -0.508 e. The van der Waals surface area contributed by atoms with Crippen LogP contribution in [0.15, 0.2) is 71.6 Å². The van der Waals surface area contributed by atoms with E-state index >= 15 is 0 Å². The zero-order chi connectivity index (χ0) is 25.4. The fraction of sp³-hybridized carbons (Fsp3) is 0.208. The van der Waals surface area contributed by atoms with Crippen LogP contribution in [0.25, 0.3) is 11.1 Å². The average molecular weight is 500 g/mol. The number of nitro groups is 1. The second kappa shape index (κ2) is 11.3. The quantitative estimate of drug-likeness (QED) is 0.203. The van der Waals surface area contributed by atoms with Gasteiger partial charge in [0.2, 0.25) is 0 Å². The van der Waals surface area contributed by atoms with Gasteiger partial charge in [0.15, 0.2) is 0 Å². The van der Waals surface area contributed by atoms with E-state index in [0.29, 0.717) is 17.5 Å². The van der Waals surface area contributed by atoms with Crippen LogP contribution in [0.1, 0.15) is 26.2 Å². The molecule has 0 unspecified atom stereocenters. The maximum Gasteiger partial charge on any atom is 0.328 e. The number of urea groups is 1. The third-order valence-corrected chi connectivity index (χ3v) is 6.36. The molecule has 0 saturated carbocycles. The highest BCUT2D eigenvalue weighted by Crippen LogP contribution is 2.37. The molecule has 184 valence electrons. The summed E-state index contributed by atoms with van der Waals surface area (Å²) in [4.78, 5) is 22.1. The number of ether oxygens (including phenoxy) is 1. The van der Waals surface area contributed by atoms with Crippen LogP contribution in [0, 0.1) is 10.1 Å². The summed E-state index contributed by atoms with van der Waals surface area (Å²) in [6.07, 6.45) is 2.49. The van der Waals surface area contributed by atoms with Crippen molar-refractivity contribution in [3.05, 3.63) is 76.8 Å². The van der Waals surface area contributed by atoms with Gasteiger partial charge in [0.1, 0.15) is 22.1 Å². The molecule has 0 atom stereocenters. The van der Waals surface area contributed by atoms with Gasteiger partial charge in [0.05, 0.1) is 4.92 Å². The molecule has 0 saturated heterocycles. The van der Waals surface area contributed by atoms with Crippen LogP contribution in [0.5, 0.6) is 17.2 Å². The summed E-state index contributed by atoms with van der Waals surface area (Å²) in [6.45, 7) is 2.28. The number of nitro benzene ring substituents is 1. The number of carbonyl (C=O) groups is 1. The number of carbonyl (C=O) groups excluding carboxylic acids is 1. The highest BCUT2D eigenvalue weighted by Gasteiger charge is 2.26. The summed E-state index contributed by atoms with van der Waals surface area (Å²) in [6, 6.07) is 15.3. The number of unbranched alkanes of at least 4 members (excludes halogenated alkanes) is 2. The van der Waals surface area contributed by atoms with Crippen molar-refractivity contribution in [2.24, 2.45) is 0 Å². The second-order valence-electron chi connectivity index (χ2n) is 7.60. The first-order valence-electron chi connectivity index (χ1n) is 10.9. The SMILES string of the molecule is CCCCCNC(=O)NS(=O)(=O)c1cc([N+](=O)[O-])ccc1Oc1ccccc1-c1ccc(O)cc1. The topological polar surface area (TPSA) is 148 Å². The standard InChI is InChI=1S/C24H25N3O7S/c1-2-3-6-15-25-24(29)26-35(32,33)23-16-18(27(30)31)11-14-22(23)34-21-8-5-4-7-20(21)17-9-12-19(28)13-10-17/h4-5,7-14,16,28H,2-3,6,15H2,1H3,(H2,25,26,29). The van der Waals surface area contributed by atoms with Crippen molar-refractivity contribution in [1.82, 2.24) is 10.0 Å². The Labute approximate surface area is 202 Å². The fourth-order valence-electron chi connectivity index (χ4n) is 3.25. The van der Waals surface area contributed by atoms with Gasteiger partial charge in [-0.05, 0) is 36.2 Å². The lowest BCUT2D eigenvalue weighted by atomic mass is 10.0. The third kappa shape index (κ3) is 6.70. The first-order chi connectivity index (χ1) is 16.7. The van der Waals surface area contributed by atoms with Crippen LogP contribution < -0.4 is 14.8 Å². The summed E-state index contributed by atoms with van der Waals surface area (Å²) in [5.74, 6) is 0.149. The average Bonchev–Trinajstić information content (AvgIpc) is 2.82. The number of aromatic hydroxyl groups is 1. The van der Waals surface area contributed by atoms with Crippen molar-refractivity contribution in [2.45, 2.75) is 31.1 Å². The number of hydrogen-bond donors (Lipinski definition) is 3. The number of para-hydroxylation sites is 1. The molecule has 0 heterocycles. The number of sulfonamides is 1. The molecule has 0 radical (unpaired) electrons. The third-order valence-electron chi connectivity index (χ3n) is 5.01. The Balaban J connectivity index is 1.95. The summed E-state index contributed by atoms with van der Waals surface area (Å²) >= 11 is 0. The van der Waals surface area contributed by atoms with Crippen molar-refractivity contribution in [2.75, 3.05) is 6.54 Å². The van der Waals surface area contributed by atoms with Crippen LogP contribution in [0.3, 0.4) is 0 Å². The molecule has 2 amide bonds. The van der Waals surface area contributed by atoms with Crippen molar-refractivity contribution in [3.8, 4) is 28.4 Å². The molecule has 0 aliphatic heterocycles. The Hall–Kier alpha value is -4.12. The molecule has 0 fully saturated rings. The number of hydrogen-bond acceptors (Lipinski definition) is 7. The van der Waals surface area contributed by atoms with Crippen LogP contribution in [0.4, 0.5) is 10.5 Å². The molecule has 3 N–H and O–H groups in total. The number of benzene rings is 3. The van der Waals surface area contributed by atoms with Gasteiger partial charge in [0, 0.05) is 24.2 Å². The van der Waals surface area contributed by atoms with Gasteiger partial charge < -0.3 is 15.2 Å². The lowest BCUT2D eigenvalue weighted by Gasteiger charge is -2.15.